The van der Waals surface area contributed by atoms with Crippen LogP contribution in [-0.2, 0) is 11.2 Å². The molecule has 4 heteroatoms. The van der Waals surface area contributed by atoms with E-state index in [0.717, 1.165) is 6.42 Å². The van der Waals surface area contributed by atoms with Crippen molar-refractivity contribution in [1.29, 1.82) is 0 Å². The van der Waals surface area contributed by atoms with Gasteiger partial charge in [0.25, 0.3) is 0 Å². The summed E-state index contributed by atoms with van der Waals surface area (Å²) in [4.78, 5) is 11.0. The Balaban J connectivity index is 2.13. The summed E-state index contributed by atoms with van der Waals surface area (Å²) < 4.78 is 13.4. The van der Waals surface area contributed by atoms with Crippen molar-refractivity contribution >= 4 is 17.5 Å². The van der Waals surface area contributed by atoms with Crippen molar-refractivity contribution in [3.63, 3.8) is 0 Å². The molecule has 1 amide bonds. The van der Waals surface area contributed by atoms with E-state index < -0.39 is 0 Å². The van der Waals surface area contributed by atoms with Gasteiger partial charge >= 0.3 is 0 Å². The van der Waals surface area contributed by atoms with E-state index in [1.54, 1.807) is 12.1 Å². The first-order valence-electron chi connectivity index (χ1n) is 4.89. The van der Waals surface area contributed by atoms with Crippen LogP contribution in [0.25, 0.3) is 0 Å². The molecule has 2 rings (SSSR count). The monoisotopic (exact) mass is 227 g/mol. The van der Waals surface area contributed by atoms with E-state index in [2.05, 4.69) is 5.32 Å². The lowest BCUT2D eigenvalue weighted by molar-refractivity contribution is -0.119. The molecule has 0 bridgehead atoms. The van der Waals surface area contributed by atoms with Gasteiger partial charge in [-0.1, -0.05) is 17.7 Å². The topological polar surface area (TPSA) is 29.1 Å². The van der Waals surface area contributed by atoms with Crippen LogP contribution >= 0.6 is 11.6 Å². The molecule has 0 radical (unpaired) electrons. The van der Waals surface area contributed by atoms with E-state index >= 15 is 0 Å². The van der Waals surface area contributed by atoms with Gasteiger partial charge in [-0.2, -0.15) is 0 Å². The molecule has 0 spiro atoms. The van der Waals surface area contributed by atoms with E-state index in [1.807, 2.05) is 0 Å². The summed E-state index contributed by atoms with van der Waals surface area (Å²) in [6.07, 6.45) is 1.75. The fourth-order valence-corrected chi connectivity index (χ4v) is 2.04. The molecular formula is C11H11ClFNO. The Hall–Kier alpha value is -1.09. The zero-order chi connectivity index (χ0) is 10.8. The fraction of sp³-hybridized carbons (Fsp3) is 0.364. The predicted molar refractivity (Wildman–Crippen MR) is 56.3 cm³/mol. The Kier molecular flexibility index (Phi) is 2.91. The van der Waals surface area contributed by atoms with Gasteiger partial charge in [-0.15, -0.1) is 0 Å². The number of hydrogen-bond donors (Lipinski definition) is 1. The number of rotatable bonds is 2. The smallest absolute Gasteiger partial charge is 0.220 e. The van der Waals surface area contributed by atoms with Gasteiger partial charge in [0.05, 0.1) is 0 Å². The summed E-state index contributed by atoms with van der Waals surface area (Å²) >= 11 is 5.89. The second-order valence-corrected chi connectivity index (χ2v) is 4.11. The summed E-state index contributed by atoms with van der Waals surface area (Å²) in [7, 11) is 0. The molecule has 1 unspecified atom stereocenters. The molecule has 1 aliphatic heterocycles. The maximum atomic E-state index is 13.4. The highest BCUT2D eigenvalue weighted by Crippen LogP contribution is 2.22. The van der Waals surface area contributed by atoms with E-state index in [-0.39, 0.29) is 17.8 Å². The lowest BCUT2D eigenvalue weighted by atomic mass is 10.0. The van der Waals surface area contributed by atoms with Gasteiger partial charge in [0, 0.05) is 23.0 Å². The Morgan fingerprint density at radius 1 is 1.53 bits per heavy atom. The summed E-state index contributed by atoms with van der Waals surface area (Å²) in [5, 5.41) is 3.22. The fourth-order valence-electron chi connectivity index (χ4n) is 1.80. The maximum Gasteiger partial charge on any atom is 0.220 e. The lowest BCUT2D eigenvalue weighted by Crippen LogP contribution is -2.27. The molecule has 0 aliphatic carbocycles. The molecule has 1 atom stereocenters. The summed E-state index contributed by atoms with van der Waals surface area (Å²) in [6.45, 7) is 0. The van der Waals surface area contributed by atoms with Crippen molar-refractivity contribution in [2.24, 2.45) is 0 Å². The van der Waals surface area contributed by atoms with Gasteiger partial charge in [0.2, 0.25) is 5.91 Å². The van der Waals surface area contributed by atoms with Gasteiger partial charge in [0.1, 0.15) is 5.82 Å². The maximum absolute atomic E-state index is 13.4. The van der Waals surface area contributed by atoms with Crippen LogP contribution in [0.15, 0.2) is 18.2 Å². The zero-order valence-corrected chi connectivity index (χ0v) is 8.85. The third kappa shape index (κ3) is 2.29. The first-order valence-corrected chi connectivity index (χ1v) is 5.27. The molecule has 1 heterocycles. The van der Waals surface area contributed by atoms with Gasteiger partial charge < -0.3 is 5.32 Å². The number of amides is 1. The van der Waals surface area contributed by atoms with Crippen LogP contribution in [0.2, 0.25) is 5.02 Å². The molecule has 0 saturated carbocycles. The predicted octanol–water partition coefficient (Wildman–Crippen LogP) is 2.30. The van der Waals surface area contributed by atoms with Crippen LogP contribution in [0.5, 0.6) is 0 Å². The molecule has 1 saturated heterocycles. The number of hydrogen-bond acceptors (Lipinski definition) is 1. The molecular weight excluding hydrogens is 217 g/mol. The molecule has 2 nitrogen and oxygen atoms in total. The van der Waals surface area contributed by atoms with Crippen molar-refractivity contribution in [3.05, 3.63) is 34.6 Å². The number of halogens is 2. The van der Waals surface area contributed by atoms with E-state index in [4.69, 9.17) is 11.6 Å². The van der Waals surface area contributed by atoms with Crippen LogP contribution in [0, 0.1) is 5.82 Å². The number of benzene rings is 1. The van der Waals surface area contributed by atoms with Gasteiger partial charge in [-0.3, -0.25) is 4.79 Å². The van der Waals surface area contributed by atoms with Crippen molar-refractivity contribution < 1.29 is 9.18 Å². The number of nitrogens with one attached hydrogen (secondary N) is 1. The zero-order valence-electron chi connectivity index (χ0n) is 8.09. The first-order chi connectivity index (χ1) is 7.16. The second-order valence-electron chi connectivity index (χ2n) is 3.71. The lowest BCUT2D eigenvalue weighted by Gasteiger charge is -2.11. The van der Waals surface area contributed by atoms with Gasteiger partial charge in [-0.05, 0) is 25.0 Å². The third-order valence-corrected chi connectivity index (χ3v) is 2.95. The normalized spacial score (nSPS) is 20.4. The summed E-state index contributed by atoms with van der Waals surface area (Å²) in [6, 6.07) is 4.65. The molecule has 1 fully saturated rings. The second kappa shape index (κ2) is 4.19. The first kappa shape index (κ1) is 10.4. The molecule has 1 aliphatic rings. The molecule has 80 valence electrons. The van der Waals surface area contributed by atoms with Crippen LogP contribution in [0.1, 0.15) is 18.4 Å². The standard InChI is InChI=1S/C11H11ClFNO/c12-9-2-1-3-10(13)8(9)6-7-4-5-11(15)14-7/h1-3,7H,4-6H2,(H,14,15). The number of carbonyl (C=O) groups is 1. The number of carbonyl (C=O) groups excluding carboxylic acids is 1. The minimum atomic E-state index is -0.302. The molecule has 1 N–H and O–H groups in total. The van der Waals surface area contributed by atoms with Crippen molar-refractivity contribution in [2.75, 3.05) is 0 Å². The van der Waals surface area contributed by atoms with Crippen molar-refractivity contribution in [3.8, 4) is 0 Å². The van der Waals surface area contributed by atoms with E-state index in [9.17, 15) is 9.18 Å². The average Bonchev–Trinajstić information content (AvgIpc) is 2.58. The minimum Gasteiger partial charge on any atom is -0.353 e. The Morgan fingerprint density at radius 2 is 2.33 bits per heavy atom. The Bertz CT molecular complexity index is 374. The molecule has 15 heavy (non-hydrogen) atoms. The molecule has 1 aromatic rings. The quantitative estimate of drug-likeness (QED) is 0.825. The highest BCUT2D eigenvalue weighted by molar-refractivity contribution is 6.31. The van der Waals surface area contributed by atoms with Crippen molar-refractivity contribution in [2.45, 2.75) is 25.3 Å². The largest absolute Gasteiger partial charge is 0.353 e. The van der Waals surface area contributed by atoms with Crippen LogP contribution in [-0.4, -0.2) is 11.9 Å². The molecule has 0 aromatic heterocycles. The van der Waals surface area contributed by atoms with Crippen molar-refractivity contribution in [1.82, 2.24) is 5.32 Å². The van der Waals surface area contributed by atoms with Gasteiger partial charge in [0.15, 0.2) is 0 Å². The highest BCUT2D eigenvalue weighted by atomic mass is 35.5. The van der Waals surface area contributed by atoms with E-state index in [0.29, 0.717) is 23.4 Å². The Morgan fingerprint density at radius 3 is 2.93 bits per heavy atom. The van der Waals surface area contributed by atoms with Gasteiger partial charge in [-0.25, -0.2) is 4.39 Å². The SMILES string of the molecule is O=C1CCC(Cc2c(F)cccc2Cl)N1. The summed E-state index contributed by atoms with van der Waals surface area (Å²) in [5.41, 5.74) is 0.492. The Labute approximate surface area is 92.4 Å². The third-order valence-electron chi connectivity index (χ3n) is 2.60. The average molecular weight is 228 g/mol. The molecule has 1 aromatic carbocycles. The summed E-state index contributed by atoms with van der Waals surface area (Å²) in [5.74, 6) is -0.267. The van der Waals surface area contributed by atoms with Crippen LogP contribution in [0.3, 0.4) is 0 Å². The highest BCUT2D eigenvalue weighted by Gasteiger charge is 2.22. The van der Waals surface area contributed by atoms with Crippen LogP contribution in [0.4, 0.5) is 4.39 Å². The van der Waals surface area contributed by atoms with Crippen LogP contribution < -0.4 is 5.32 Å². The van der Waals surface area contributed by atoms with E-state index in [1.165, 1.54) is 6.07 Å². The minimum absolute atomic E-state index is 0.0203.